The van der Waals surface area contributed by atoms with E-state index in [0.29, 0.717) is 31.5 Å². The molecule has 0 spiro atoms. The second kappa shape index (κ2) is 4.59. The molecule has 1 aromatic carbocycles. The number of benzene rings is 1. The highest BCUT2D eigenvalue weighted by Gasteiger charge is 2.15. The molecule has 0 amide bonds. The molecule has 7 heteroatoms. The molecule has 0 radical (unpaired) electrons. The number of rotatable bonds is 1. The third-order valence-corrected chi connectivity index (χ3v) is 4.00. The van der Waals surface area contributed by atoms with Gasteiger partial charge in [-0.05, 0) is 36.7 Å². The quantitative estimate of drug-likeness (QED) is 0.683. The maximum Gasteiger partial charge on any atom is 0.349 e. The molecule has 3 aromatic rings. The summed E-state index contributed by atoms with van der Waals surface area (Å²) < 4.78 is 9.30. The fourth-order valence-electron chi connectivity index (χ4n) is 1.70. The Balaban J connectivity index is 2.32. The predicted octanol–water partition coefficient (Wildman–Crippen LogP) is 3.93. The Labute approximate surface area is 121 Å². The molecule has 0 aliphatic heterocycles. The van der Waals surface area contributed by atoms with E-state index in [0.717, 1.165) is 11.5 Å². The molecule has 2 heterocycles. The lowest BCUT2D eigenvalue weighted by Crippen LogP contribution is -2.02. The van der Waals surface area contributed by atoms with Crippen LogP contribution in [0.1, 0.15) is 5.69 Å². The van der Waals surface area contributed by atoms with Crippen LogP contribution < -0.4 is 5.63 Å². The molecule has 0 aliphatic carbocycles. The molecule has 0 bridgehead atoms. The van der Waals surface area contributed by atoms with Crippen LogP contribution >= 0.6 is 34.7 Å². The smallest absolute Gasteiger partial charge is 0.349 e. The van der Waals surface area contributed by atoms with E-state index < -0.39 is 5.63 Å². The Morgan fingerprint density at radius 2 is 2.11 bits per heavy atom. The lowest BCUT2D eigenvalue weighted by atomic mass is 10.2. The number of halogens is 2. The summed E-state index contributed by atoms with van der Waals surface area (Å²) in [6.45, 7) is 1.74. The molecular formula is C12H6Cl2N2O2S. The van der Waals surface area contributed by atoms with Gasteiger partial charge in [0, 0.05) is 5.02 Å². The van der Waals surface area contributed by atoms with E-state index in [1.165, 1.54) is 0 Å². The summed E-state index contributed by atoms with van der Waals surface area (Å²) in [5.74, 6) is 0.147. The summed E-state index contributed by atoms with van der Waals surface area (Å²) in [4.78, 5) is 16.7. The van der Waals surface area contributed by atoms with Crippen LogP contribution in [0.4, 0.5) is 0 Å². The van der Waals surface area contributed by atoms with Crippen molar-refractivity contribution in [3.05, 3.63) is 44.4 Å². The summed E-state index contributed by atoms with van der Waals surface area (Å²) in [5, 5.41) is 1.32. The van der Waals surface area contributed by atoms with Crippen molar-refractivity contribution < 1.29 is 4.42 Å². The fraction of sp³-hybridized carbons (Fsp3) is 0.0833. The van der Waals surface area contributed by atoms with Crippen molar-refractivity contribution in [1.29, 1.82) is 0 Å². The number of aryl methyl sites for hydroxylation is 1. The number of fused-ring (bicyclic) bond motifs is 1. The highest BCUT2D eigenvalue weighted by atomic mass is 35.5. The molecule has 0 N–H and O–H groups in total. The van der Waals surface area contributed by atoms with Gasteiger partial charge in [0.15, 0.2) is 4.83 Å². The standard InChI is InChI=1S/C12H6Cl2N2O2S/c1-5-9-11(19-16-5)15-10(18-12(9)17)7-4-6(13)2-3-8(7)14/h2-4H,1H3. The van der Waals surface area contributed by atoms with Crippen molar-refractivity contribution in [3.63, 3.8) is 0 Å². The van der Waals surface area contributed by atoms with Crippen LogP contribution in [0.25, 0.3) is 21.7 Å². The predicted molar refractivity (Wildman–Crippen MR) is 76.1 cm³/mol. The third kappa shape index (κ3) is 2.14. The number of nitrogens with zero attached hydrogens (tertiary/aromatic N) is 2. The molecule has 0 saturated carbocycles. The van der Waals surface area contributed by atoms with Crippen molar-refractivity contribution in [2.45, 2.75) is 6.92 Å². The Kier molecular flexibility index (Phi) is 3.05. The van der Waals surface area contributed by atoms with Crippen molar-refractivity contribution >= 4 is 45.0 Å². The van der Waals surface area contributed by atoms with Gasteiger partial charge in [-0.25, -0.2) is 4.79 Å². The third-order valence-electron chi connectivity index (χ3n) is 2.60. The number of aromatic nitrogens is 2. The van der Waals surface area contributed by atoms with Crippen LogP contribution in [-0.4, -0.2) is 9.36 Å². The fourth-order valence-corrected chi connectivity index (χ4v) is 2.83. The van der Waals surface area contributed by atoms with Gasteiger partial charge in [-0.15, -0.1) is 0 Å². The van der Waals surface area contributed by atoms with Gasteiger partial charge in [0.25, 0.3) is 0 Å². The molecule has 0 atom stereocenters. The average Bonchev–Trinajstić information content (AvgIpc) is 2.74. The maximum atomic E-state index is 11.9. The van der Waals surface area contributed by atoms with Gasteiger partial charge in [-0.3, -0.25) is 0 Å². The Morgan fingerprint density at radius 3 is 2.89 bits per heavy atom. The summed E-state index contributed by atoms with van der Waals surface area (Å²) >= 11 is 13.1. The van der Waals surface area contributed by atoms with Gasteiger partial charge in [0.2, 0.25) is 5.89 Å². The zero-order valence-electron chi connectivity index (χ0n) is 9.61. The Hall–Kier alpha value is -1.43. The first-order valence-electron chi connectivity index (χ1n) is 5.29. The van der Waals surface area contributed by atoms with Crippen molar-refractivity contribution in [2.24, 2.45) is 0 Å². The zero-order chi connectivity index (χ0) is 13.6. The van der Waals surface area contributed by atoms with Crippen LogP contribution in [0, 0.1) is 6.92 Å². The molecule has 2 aromatic heterocycles. The number of hydrogen-bond donors (Lipinski definition) is 0. The van der Waals surface area contributed by atoms with Gasteiger partial charge in [-0.1, -0.05) is 23.2 Å². The molecule has 3 rings (SSSR count). The average molecular weight is 313 g/mol. The first-order valence-corrected chi connectivity index (χ1v) is 6.82. The van der Waals surface area contributed by atoms with E-state index in [2.05, 4.69) is 9.36 Å². The minimum atomic E-state index is -0.470. The zero-order valence-corrected chi connectivity index (χ0v) is 11.9. The van der Waals surface area contributed by atoms with Gasteiger partial charge < -0.3 is 4.42 Å². The minimum absolute atomic E-state index is 0.147. The van der Waals surface area contributed by atoms with Crippen LogP contribution in [0.3, 0.4) is 0 Å². The van der Waals surface area contributed by atoms with E-state index >= 15 is 0 Å². The maximum absolute atomic E-state index is 11.9. The molecule has 0 unspecified atom stereocenters. The van der Waals surface area contributed by atoms with Crippen molar-refractivity contribution in [1.82, 2.24) is 9.36 Å². The molecule has 4 nitrogen and oxygen atoms in total. The Morgan fingerprint density at radius 1 is 1.32 bits per heavy atom. The van der Waals surface area contributed by atoms with Gasteiger partial charge in [0.1, 0.15) is 5.39 Å². The van der Waals surface area contributed by atoms with Crippen molar-refractivity contribution in [3.8, 4) is 11.5 Å². The Bertz CT molecular complexity index is 841. The normalized spacial score (nSPS) is 11.1. The first-order chi connectivity index (χ1) is 9.06. The summed E-state index contributed by atoms with van der Waals surface area (Å²) in [5.41, 5.74) is 0.631. The molecule has 0 fully saturated rings. The van der Waals surface area contributed by atoms with Crippen molar-refractivity contribution in [2.75, 3.05) is 0 Å². The highest BCUT2D eigenvalue weighted by molar-refractivity contribution is 7.12. The van der Waals surface area contributed by atoms with E-state index in [9.17, 15) is 4.79 Å². The SMILES string of the molecule is Cc1nsc2nc(-c3cc(Cl)ccc3Cl)oc(=O)c12. The molecule has 0 saturated heterocycles. The second-order valence-electron chi connectivity index (χ2n) is 3.88. The molecule has 96 valence electrons. The molecule has 0 aliphatic rings. The number of hydrogen-bond acceptors (Lipinski definition) is 5. The van der Waals surface area contributed by atoms with Gasteiger partial charge >= 0.3 is 5.63 Å². The summed E-state index contributed by atoms with van der Waals surface area (Å²) in [6, 6.07) is 4.89. The van der Waals surface area contributed by atoms with E-state index in [1.807, 2.05) is 0 Å². The van der Waals surface area contributed by atoms with Crippen LogP contribution in [0.15, 0.2) is 27.4 Å². The second-order valence-corrected chi connectivity index (χ2v) is 5.47. The molecular weight excluding hydrogens is 307 g/mol. The van der Waals surface area contributed by atoms with Gasteiger partial charge in [0.05, 0.1) is 16.3 Å². The van der Waals surface area contributed by atoms with Crippen LogP contribution in [-0.2, 0) is 0 Å². The first kappa shape index (κ1) is 12.6. The molecule has 19 heavy (non-hydrogen) atoms. The van der Waals surface area contributed by atoms with E-state index in [-0.39, 0.29) is 5.89 Å². The summed E-state index contributed by atoms with van der Waals surface area (Å²) in [6.07, 6.45) is 0. The minimum Gasteiger partial charge on any atom is -0.403 e. The summed E-state index contributed by atoms with van der Waals surface area (Å²) in [7, 11) is 0. The monoisotopic (exact) mass is 312 g/mol. The largest absolute Gasteiger partial charge is 0.403 e. The van der Waals surface area contributed by atoms with Crippen LogP contribution in [0.2, 0.25) is 10.0 Å². The van der Waals surface area contributed by atoms with Gasteiger partial charge in [-0.2, -0.15) is 9.36 Å². The topological polar surface area (TPSA) is 56.0 Å². The van der Waals surface area contributed by atoms with E-state index in [1.54, 1.807) is 25.1 Å². The lowest BCUT2D eigenvalue weighted by molar-refractivity contribution is 0.518. The highest BCUT2D eigenvalue weighted by Crippen LogP contribution is 2.30. The lowest BCUT2D eigenvalue weighted by Gasteiger charge is -2.02. The van der Waals surface area contributed by atoms with Crippen LogP contribution in [0.5, 0.6) is 0 Å². The van der Waals surface area contributed by atoms with E-state index in [4.69, 9.17) is 27.6 Å².